The molecule has 0 radical (unpaired) electrons. The zero-order valence-electron chi connectivity index (χ0n) is 19.2. The van der Waals surface area contributed by atoms with Gasteiger partial charge in [-0.3, -0.25) is 4.79 Å². The molecule has 0 unspecified atom stereocenters. The lowest BCUT2D eigenvalue weighted by atomic mass is 9.64. The molecule has 3 rings (SSSR count). The number of nitrogens with zero attached hydrogens (tertiary/aromatic N) is 2. The van der Waals surface area contributed by atoms with Gasteiger partial charge in [-0.05, 0) is 53.7 Å². The van der Waals surface area contributed by atoms with Crippen molar-refractivity contribution in [3.05, 3.63) is 35.4 Å². The molecule has 0 bridgehead atoms. The molecular weight excluding hydrogens is 405 g/mol. The Hall–Kier alpha value is -1.89. The van der Waals surface area contributed by atoms with Crippen LogP contribution in [-0.2, 0) is 5.41 Å². The van der Waals surface area contributed by atoms with Crippen LogP contribution in [0.25, 0.3) is 0 Å². The fraction of sp³-hybridized carbons (Fsp3) is 0.667. The van der Waals surface area contributed by atoms with E-state index in [1.807, 2.05) is 41.5 Å². The number of benzene rings is 1. The van der Waals surface area contributed by atoms with Crippen molar-refractivity contribution in [3.63, 3.8) is 0 Å². The van der Waals surface area contributed by atoms with Gasteiger partial charge in [-0.25, -0.2) is 0 Å². The van der Waals surface area contributed by atoms with Crippen LogP contribution in [0.3, 0.4) is 0 Å². The lowest BCUT2D eigenvalue weighted by Gasteiger charge is -2.43. The normalized spacial score (nSPS) is 27.2. The second kappa shape index (κ2) is 7.61. The first-order valence-corrected chi connectivity index (χ1v) is 10.9. The Morgan fingerprint density at radius 2 is 1.74 bits per heavy atom. The topological polar surface area (TPSA) is 52.9 Å². The maximum Gasteiger partial charge on any atom is 0.439 e. The number of carbonyl (C=O) groups excluding carboxylic acids is 1. The lowest BCUT2D eigenvalue weighted by Crippen LogP contribution is -2.62. The van der Waals surface area contributed by atoms with Crippen molar-refractivity contribution in [2.24, 2.45) is 22.4 Å². The van der Waals surface area contributed by atoms with Crippen molar-refractivity contribution in [1.29, 1.82) is 0 Å². The Labute approximate surface area is 182 Å². The summed E-state index contributed by atoms with van der Waals surface area (Å²) in [4.78, 5) is 13.1. The molecule has 1 aromatic rings. The highest BCUT2D eigenvalue weighted by Gasteiger charge is 2.69. The maximum atomic E-state index is 14.3. The van der Waals surface area contributed by atoms with Gasteiger partial charge in [-0.2, -0.15) is 23.3 Å². The summed E-state index contributed by atoms with van der Waals surface area (Å²) in [7, 11) is 0. The third-order valence-corrected chi connectivity index (χ3v) is 7.33. The number of hydrazone groups is 1. The number of alkyl halides is 3. The second-order valence-electron chi connectivity index (χ2n) is 10.6. The summed E-state index contributed by atoms with van der Waals surface area (Å²) >= 11 is 0. The summed E-state index contributed by atoms with van der Waals surface area (Å²) in [5.74, 6) is -2.17. The van der Waals surface area contributed by atoms with Crippen LogP contribution in [0.2, 0.25) is 0 Å². The van der Waals surface area contributed by atoms with Gasteiger partial charge in [0.2, 0.25) is 0 Å². The molecule has 1 heterocycles. The molecule has 1 aliphatic carbocycles. The molecule has 2 aliphatic rings. The number of hydrogen-bond acceptors (Lipinski definition) is 3. The molecule has 1 aromatic carbocycles. The van der Waals surface area contributed by atoms with Crippen LogP contribution >= 0.6 is 0 Å². The lowest BCUT2D eigenvalue weighted by molar-refractivity contribution is -0.314. The van der Waals surface area contributed by atoms with Crippen molar-refractivity contribution >= 4 is 11.6 Å². The fourth-order valence-electron chi connectivity index (χ4n) is 4.65. The third kappa shape index (κ3) is 4.01. The van der Waals surface area contributed by atoms with Crippen LogP contribution in [0, 0.1) is 17.3 Å². The fourth-order valence-corrected chi connectivity index (χ4v) is 4.65. The first kappa shape index (κ1) is 23.8. The van der Waals surface area contributed by atoms with Gasteiger partial charge in [0.1, 0.15) is 0 Å². The van der Waals surface area contributed by atoms with E-state index in [4.69, 9.17) is 0 Å². The molecule has 1 N–H and O–H groups in total. The number of carbonyl (C=O) groups is 1. The van der Waals surface area contributed by atoms with Gasteiger partial charge in [0.25, 0.3) is 11.6 Å². The van der Waals surface area contributed by atoms with E-state index in [0.717, 1.165) is 12.0 Å². The number of hydrogen-bond donors (Lipinski definition) is 1. The molecule has 172 valence electrons. The van der Waals surface area contributed by atoms with E-state index in [2.05, 4.69) is 5.10 Å². The summed E-state index contributed by atoms with van der Waals surface area (Å²) in [6.45, 7) is 12.1. The first-order chi connectivity index (χ1) is 14.1. The van der Waals surface area contributed by atoms with Crippen LogP contribution in [-0.4, -0.2) is 33.6 Å². The molecule has 4 nitrogen and oxygen atoms in total. The Morgan fingerprint density at radius 1 is 1.16 bits per heavy atom. The summed E-state index contributed by atoms with van der Waals surface area (Å²) in [5, 5.41) is 15.4. The zero-order valence-corrected chi connectivity index (χ0v) is 19.2. The number of halogens is 3. The van der Waals surface area contributed by atoms with Gasteiger partial charge in [-0.15, -0.1) is 0 Å². The molecule has 0 saturated heterocycles. The van der Waals surface area contributed by atoms with E-state index in [0.29, 0.717) is 17.9 Å². The average Bonchev–Trinajstić information content (AvgIpc) is 3.00. The Kier molecular flexibility index (Phi) is 5.83. The smallest absolute Gasteiger partial charge is 0.362 e. The minimum absolute atomic E-state index is 0.0106. The van der Waals surface area contributed by atoms with Gasteiger partial charge >= 0.3 is 6.18 Å². The summed E-state index contributed by atoms with van der Waals surface area (Å²) < 4.78 is 42.8. The Balaban J connectivity index is 1.97. The van der Waals surface area contributed by atoms with Gasteiger partial charge in [0.05, 0.1) is 5.92 Å². The zero-order chi connectivity index (χ0) is 23.4. The van der Waals surface area contributed by atoms with Crippen LogP contribution < -0.4 is 0 Å². The minimum Gasteiger partial charge on any atom is -0.362 e. The van der Waals surface area contributed by atoms with E-state index in [-0.39, 0.29) is 34.4 Å². The molecule has 0 spiro atoms. The van der Waals surface area contributed by atoms with Crippen molar-refractivity contribution in [2.75, 3.05) is 0 Å². The second-order valence-corrected chi connectivity index (χ2v) is 10.6. The molecular formula is C24H33F3N2O2. The van der Waals surface area contributed by atoms with Crippen LogP contribution in [0.1, 0.15) is 83.1 Å². The number of rotatable bonds is 3. The van der Waals surface area contributed by atoms with E-state index in [1.165, 1.54) is 12.1 Å². The molecule has 0 aromatic heterocycles. The molecule has 31 heavy (non-hydrogen) atoms. The number of amides is 1. The summed E-state index contributed by atoms with van der Waals surface area (Å²) in [5.41, 5.74) is -2.34. The molecule has 7 heteroatoms. The van der Waals surface area contributed by atoms with Gasteiger partial charge in [-0.1, -0.05) is 60.1 Å². The number of fused-ring (bicyclic) bond motifs is 1. The first-order valence-electron chi connectivity index (χ1n) is 10.9. The van der Waals surface area contributed by atoms with E-state index < -0.39 is 23.7 Å². The monoisotopic (exact) mass is 438 g/mol. The SMILES string of the molecule is CCC(C)(C)[C@@H]1CCC2=NN(C(=O)c3ccc(C(C)(C)C)cc3)[C@@](O)(C(F)(F)F)[C@H]2C1. The maximum absolute atomic E-state index is 14.3. The van der Waals surface area contributed by atoms with Gasteiger partial charge < -0.3 is 5.11 Å². The van der Waals surface area contributed by atoms with E-state index >= 15 is 0 Å². The highest BCUT2D eigenvalue weighted by Crippen LogP contribution is 2.52. The van der Waals surface area contributed by atoms with E-state index in [9.17, 15) is 23.1 Å². The van der Waals surface area contributed by atoms with Crippen LogP contribution in [0.5, 0.6) is 0 Å². The molecule has 1 amide bonds. The van der Waals surface area contributed by atoms with Crippen LogP contribution in [0.15, 0.2) is 29.4 Å². The van der Waals surface area contributed by atoms with Gasteiger partial charge in [0, 0.05) is 11.3 Å². The van der Waals surface area contributed by atoms with Crippen molar-refractivity contribution in [2.45, 2.75) is 84.5 Å². The highest BCUT2D eigenvalue weighted by atomic mass is 19.4. The van der Waals surface area contributed by atoms with Crippen molar-refractivity contribution < 1.29 is 23.1 Å². The summed E-state index contributed by atoms with van der Waals surface area (Å²) in [6.07, 6.45) is -3.00. The molecule has 3 atom stereocenters. The largest absolute Gasteiger partial charge is 0.439 e. The predicted molar refractivity (Wildman–Crippen MR) is 115 cm³/mol. The van der Waals surface area contributed by atoms with Crippen LogP contribution in [0.4, 0.5) is 13.2 Å². The average molecular weight is 439 g/mol. The van der Waals surface area contributed by atoms with Crippen molar-refractivity contribution in [1.82, 2.24) is 5.01 Å². The van der Waals surface area contributed by atoms with Crippen molar-refractivity contribution in [3.8, 4) is 0 Å². The number of aliphatic hydroxyl groups is 1. The molecule has 1 saturated carbocycles. The predicted octanol–water partition coefficient (Wildman–Crippen LogP) is 5.90. The minimum atomic E-state index is -5.03. The third-order valence-electron chi connectivity index (χ3n) is 7.33. The Bertz CT molecular complexity index is 868. The standard InChI is InChI=1S/C24H33F3N2O2/c1-7-22(5,6)17-12-13-19-18(14-17)23(31,24(25,26)27)29(28-19)20(30)15-8-10-16(11-9-15)21(2,3)4/h8-11,17-18,31H,7,12-14H2,1-6H3/t17-,18+,23+/m1/s1. The van der Waals surface area contributed by atoms with Gasteiger partial charge in [0.15, 0.2) is 0 Å². The van der Waals surface area contributed by atoms with E-state index in [1.54, 1.807) is 12.1 Å². The Morgan fingerprint density at radius 3 is 2.23 bits per heavy atom. The molecule has 1 aliphatic heterocycles. The quantitative estimate of drug-likeness (QED) is 0.639. The molecule has 1 fully saturated rings. The summed E-state index contributed by atoms with van der Waals surface area (Å²) in [6, 6.07) is 6.47. The highest BCUT2D eigenvalue weighted by molar-refractivity contribution is 5.99.